The maximum Gasteiger partial charge on any atom is 0.152 e. The first-order valence-corrected chi connectivity index (χ1v) is 8.73. The Balaban J connectivity index is 2.01. The highest BCUT2D eigenvalue weighted by molar-refractivity contribution is 7.91. The molecule has 0 saturated carbocycles. The van der Waals surface area contributed by atoms with E-state index in [4.69, 9.17) is 0 Å². The first kappa shape index (κ1) is 15.4. The van der Waals surface area contributed by atoms with Gasteiger partial charge in [0.15, 0.2) is 9.84 Å². The Labute approximate surface area is 119 Å². The number of sulfone groups is 1. The Hall–Kier alpha value is -0.980. The molecule has 4 nitrogen and oxygen atoms in total. The van der Waals surface area contributed by atoms with Crippen LogP contribution in [0.3, 0.4) is 0 Å². The van der Waals surface area contributed by atoms with Gasteiger partial charge in [0.05, 0.1) is 11.5 Å². The molecule has 1 fully saturated rings. The van der Waals surface area contributed by atoms with Crippen molar-refractivity contribution >= 4 is 9.84 Å². The lowest BCUT2D eigenvalue weighted by Crippen LogP contribution is -2.39. The zero-order valence-corrected chi connectivity index (χ0v) is 12.5. The van der Waals surface area contributed by atoms with E-state index in [0.29, 0.717) is 25.2 Å². The fourth-order valence-electron chi connectivity index (χ4n) is 2.28. The second-order valence-electron chi connectivity index (χ2n) is 5.13. The topological polar surface area (TPSA) is 49.4 Å². The molecule has 0 atom stereocenters. The van der Waals surface area contributed by atoms with Crippen LogP contribution in [0.2, 0.25) is 0 Å². The normalized spacial score (nSPS) is 19.1. The lowest BCUT2D eigenvalue weighted by molar-refractivity contribution is 0.283. The molecule has 20 heavy (non-hydrogen) atoms. The molecule has 1 aromatic rings. The molecule has 112 valence electrons. The molecular weight excluding hydrogens is 279 g/mol. The summed E-state index contributed by atoms with van der Waals surface area (Å²) in [6.07, 6.45) is 0. The predicted molar refractivity (Wildman–Crippen MR) is 77.7 cm³/mol. The summed E-state index contributed by atoms with van der Waals surface area (Å²) >= 11 is 0. The monoisotopic (exact) mass is 300 g/mol. The van der Waals surface area contributed by atoms with Crippen LogP contribution >= 0.6 is 0 Å². The fourth-order valence-corrected chi connectivity index (χ4v) is 3.55. The van der Waals surface area contributed by atoms with Gasteiger partial charge >= 0.3 is 0 Å². The van der Waals surface area contributed by atoms with Gasteiger partial charge in [-0.25, -0.2) is 12.8 Å². The van der Waals surface area contributed by atoms with Crippen LogP contribution in [0.25, 0.3) is 0 Å². The van der Waals surface area contributed by atoms with Crippen LogP contribution in [-0.4, -0.2) is 44.5 Å². The van der Waals surface area contributed by atoms with Gasteiger partial charge in [0.2, 0.25) is 0 Å². The van der Waals surface area contributed by atoms with Gasteiger partial charge < -0.3 is 5.32 Å². The van der Waals surface area contributed by atoms with E-state index in [1.54, 1.807) is 6.07 Å². The molecule has 0 bridgehead atoms. The molecule has 2 rings (SSSR count). The van der Waals surface area contributed by atoms with Gasteiger partial charge in [0.25, 0.3) is 0 Å². The summed E-state index contributed by atoms with van der Waals surface area (Å²) < 4.78 is 36.6. The molecule has 0 aromatic heterocycles. The Bertz CT molecular complexity index is 546. The third-order valence-corrected chi connectivity index (χ3v) is 5.13. The molecule has 0 unspecified atom stereocenters. The Morgan fingerprint density at radius 1 is 1.30 bits per heavy atom. The second kappa shape index (κ2) is 6.65. The number of hydrogen-bond donors (Lipinski definition) is 1. The highest BCUT2D eigenvalue weighted by Gasteiger charge is 2.22. The van der Waals surface area contributed by atoms with E-state index in [-0.39, 0.29) is 17.3 Å². The van der Waals surface area contributed by atoms with Crippen molar-refractivity contribution in [2.75, 3.05) is 31.1 Å². The van der Waals surface area contributed by atoms with Crippen LogP contribution in [0.4, 0.5) is 4.39 Å². The van der Waals surface area contributed by atoms with Crippen molar-refractivity contribution in [3.63, 3.8) is 0 Å². The van der Waals surface area contributed by atoms with Crippen LogP contribution in [0.5, 0.6) is 0 Å². The summed E-state index contributed by atoms with van der Waals surface area (Å²) in [6, 6.07) is 5.13. The molecule has 1 aliphatic heterocycles. The van der Waals surface area contributed by atoms with E-state index < -0.39 is 9.84 Å². The number of hydrogen-bond acceptors (Lipinski definition) is 4. The van der Waals surface area contributed by atoms with Gasteiger partial charge in [-0.15, -0.1) is 0 Å². The largest absolute Gasteiger partial charge is 0.313 e. The van der Waals surface area contributed by atoms with Crippen molar-refractivity contribution in [3.8, 4) is 0 Å². The SMILES string of the molecule is CCNCc1ccc(F)c(CN2CCS(=O)(=O)CC2)c1. The van der Waals surface area contributed by atoms with Crippen LogP contribution in [0.15, 0.2) is 18.2 Å². The molecule has 0 spiro atoms. The minimum Gasteiger partial charge on any atom is -0.313 e. The van der Waals surface area contributed by atoms with E-state index in [9.17, 15) is 12.8 Å². The third kappa shape index (κ3) is 4.26. The summed E-state index contributed by atoms with van der Waals surface area (Å²) in [6.45, 7) is 5.06. The molecule has 1 aromatic carbocycles. The molecule has 1 saturated heterocycles. The summed E-state index contributed by atoms with van der Waals surface area (Å²) in [4.78, 5) is 2.00. The smallest absolute Gasteiger partial charge is 0.152 e. The van der Waals surface area contributed by atoms with E-state index in [2.05, 4.69) is 5.32 Å². The first-order valence-electron chi connectivity index (χ1n) is 6.91. The summed E-state index contributed by atoms with van der Waals surface area (Å²) in [5.74, 6) is 0.121. The fraction of sp³-hybridized carbons (Fsp3) is 0.571. The second-order valence-corrected chi connectivity index (χ2v) is 7.44. The lowest BCUT2D eigenvalue weighted by Gasteiger charge is -2.26. The standard InChI is InChI=1S/C14H21FN2O2S/c1-2-16-10-12-3-4-14(15)13(9-12)11-17-5-7-20(18,19)8-6-17/h3-4,9,16H,2,5-8,10-11H2,1H3. The molecule has 1 N–H and O–H groups in total. The number of nitrogens with one attached hydrogen (secondary N) is 1. The molecular formula is C14H21FN2O2S. The number of benzene rings is 1. The average Bonchev–Trinajstić information content (AvgIpc) is 2.42. The van der Waals surface area contributed by atoms with E-state index >= 15 is 0 Å². The molecule has 0 amide bonds. The van der Waals surface area contributed by atoms with Gasteiger partial charge in [0, 0.05) is 31.7 Å². The Morgan fingerprint density at radius 2 is 2.00 bits per heavy atom. The molecule has 1 aliphatic rings. The quantitative estimate of drug-likeness (QED) is 0.887. The zero-order chi connectivity index (χ0) is 14.6. The average molecular weight is 300 g/mol. The molecule has 0 radical (unpaired) electrons. The third-order valence-electron chi connectivity index (χ3n) is 3.52. The van der Waals surface area contributed by atoms with Gasteiger partial charge in [-0.3, -0.25) is 4.90 Å². The van der Waals surface area contributed by atoms with Crippen molar-refractivity contribution < 1.29 is 12.8 Å². The van der Waals surface area contributed by atoms with Crippen molar-refractivity contribution in [3.05, 3.63) is 35.1 Å². The van der Waals surface area contributed by atoms with Crippen molar-refractivity contribution in [2.45, 2.75) is 20.0 Å². The number of nitrogens with zero attached hydrogens (tertiary/aromatic N) is 1. The van der Waals surface area contributed by atoms with Crippen molar-refractivity contribution in [1.82, 2.24) is 10.2 Å². The molecule has 6 heteroatoms. The van der Waals surface area contributed by atoms with Crippen LogP contribution in [-0.2, 0) is 22.9 Å². The van der Waals surface area contributed by atoms with Crippen LogP contribution in [0, 0.1) is 5.82 Å². The molecule has 1 heterocycles. The summed E-state index contributed by atoms with van der Waals surface area (Å²) in [7, 11) is -2.88. The minimum absolute atomic E-state index is 0.172. The van der Waals surface area contributed by atoms with Gasteiger partial charge in [-0.05, 0) is 18.2 Å². The highest BCUT2D eigenvalue weighted by atomic mass is 32.2. The number of halogens is 1. The van der Waals surface area contributed by atoms with Crippen molar-refractivity contribution in [2.24, 2.45) is 0 Å². The zero-order valence-electron chi connectivity index (χ0n) is 11.7. The maximum atomic E-state index is 13.8. The number of rotatable bonds is 5. The minimum atomic E-state index is -2.88. The van der Waals surface area contributed by atoms with Crippen molar-refractivity contribution in [1.29, 1.82) is 0 Å². The van der Waals surface area contributed by atoms with Gasteiger partial charge in [0.1, 0.15) is 5.82 Å². The van der Waals surface area contributed by atoms with E-state index in [0.717, 1.165) is 18.7 Å². The highest BCUT2D eigenvalue weighted by Crippen LogP contribution is 2.15. The Morgan fingerprint density at radius 3 is 2.65 bits per heavy atom. The Kier molecular flexibility index (Phi) is 5.12. The molecule has 0 aliphatic carbocycles. The lowest BCUT2D eigenvalue weighted by atomic mass is 10.1. The first-order chi connectivity index (χ1) is 9.50. The van der Waals surface area contributed by atoms with Crippen LogP contribution in [0.1, 0.15) is 18.1 Å². The van der Waals surface area contributed by atoms with E-state index in [1.807, 2.05) is 17.9 Å². The predicted octanol–water partition coefficient (Wildman–Crippen LogP) is 1.17. The van der Waals surface area contributed by atoms with Gasteiger partial charge in [-0.1, -0.05) is 19.1 Å². The maximum absolute atomic E-state index is 13.8. The van der Waals surface area contributed by atoms with E-state index in [1.165, 1.54) is 6.07 Å². The summed E-state index contributed by atoms with van der Waals surface area (Å²) in [5, 5.41) is 3.21. The van der Waals surface area contributed by atoms with Crippen LogP contribution < -0.4 is 5.32 Å². The van der Waals surface area contributed by atoms with Gasteiger partial charge in [-0.2, -0.15) is 0 Å². The summed E-state index contributed by atoms with van der Waals surface area (Å²) in [5.41, 5.74) is 1.69.